The number of carbonyl (C=O) groups excluding carboxylic acids is 1. The van der Waals surface area contributed by atoms with Crippen LogP contribution >= 0.6 is 23.2 Å². The van der Waals surface area contributed by atoms with E-state index in [0.717, 1.165) is 5.56 Å². The van der Waals surface area contributed by atoms with Gasteiger partial charge in [-0.2, -0.15) is 0 Å². The Morgan fingerprint density at radius 2 is 2.14 bits per heavy atom. The lowest BCUT2D eigenvalue weighted by molar-refractivity contribution is 0.0952. The van der Waals surface area contributed by atoms with Crippen LogP contribution in [0.25, 0.3) is 0 Å². The Morgan fingerprint density at radius 1 is 1.38 bits per heavy atom. The first-order chi connectivity index (χ1) is 10.0. The summed E-state index contributed by atoms with van der Waals surface area (Å²) in [5, 5.41) is 7.94. The first-order valence-corrected chi connectivity index (χ1v) is 7.45. The standard InChI is InChI=1S/C15H16Cl2N2O2/c1-3-13-14(9(2)21-19-13)15(20)18-7-6-10-4-5-11(16)8-12(10)17/h4-5,8H,3,6-7H2,1-2H3,(H,18,20). The second-order valence-corrected chi connectivity index (χ2v) is 5.50. The molecule has 0 fully saturated rings. The second kappa shape index (κ2) is 6.96. The SMILES string of the molecule is CCc1noc(C)c1C(=O)NCCc1ccc(Cl)cc1Cl. The van der Waals surface area contributed by atoms with Crippen molar-refractivity contribution in [3.8, 4) is 0 Å². The molecule has 0 saturated carbocycles. The Hall–Kier alpha value is -1.52. The van der Waals surface area contributed by atoms with Gasteiger partial charge in [0, 0.05) is 16.6 Å². The molecule has 0 radical (unpaired) electrons. The molecule has 6 heteroatoms. The van der Waals surface area contributed by atoms with E-state index in [2.05, 4.69) is 10.5 Å². The predicted octanol–water partition coefficient (Wildman–Crippen LogP) is 3.82. The van der Waals surface area contributed by atoms with Crippen molar-refractivity contribution in [2.45, 2.75) is 26.7 Å². The van der Waals surface area contributed by atoms with Gasteiger partial charge in [-0.1, -0.05) is 41.3 Å². The Labute approximate surface area is 133 Å². The third-order valence-corrected chi connectivity index (χ3v) is 3.78. The van der Waals surface area contributed by atoms with Gasteiger partial charge in [0.25, 0.3) is 5.91 Å². The maximum atomic E-state index is 12.2. The lowest BCUT2D eigenvalue weighted by Crippen LogP contribution is -2.26. The van der Waals surface area contributed by atoms with Crippen LogP contribution in [0.4, 0.5) is 0 Å². The molecule has 1 aromatic heterocycles. The van der Waals surface area contributed by atoms with Gasteiger partial charge in [0.1, 0.15) is 11.3 Å². The minimum absolute atomic E-state index is 0.171. The number of rotatable bonds is 5. The molecule has 1 heterocycles. The van der Waals surface area contributed by atoms with Gasteiger partial charge in [0.15, 0.2) is 0 Å². The molecule has 2 aromatic rings. The number of benzene rings is 1. The lowest BCUT2D eigenvalue weighted by atomic mass is 10.1. The van der Waals surface area contributed by atoms with Gasteiger partial charge >= 0.3 is 0 Å². The monoisotopic (exact) mass is 326 g/mol. The van der Waals surface area contributed by atoms with Crippen LogP contribution in [0.1, 0.15) is 34.3 Å². The summed E-state index contributed by atoms with van der Waals surface area (Å²) in [7, 11) is 0. The largest absolute Gasteiger partial charge is 0.361 e. The second-order valence-electron chi connectivity index (χ2n) is 4.66. The molecule has 0 aliphatic carbocycles. The van der Waals surface area contributed by atoms with Crippen molar-refractivity contribution >= 4 is 29.1 Å². The summed E-state index contributed by atoms with van der Waals surface area (Å²) in [6.07, 6.45) is 1.29. The molecule has 0 atom stereocenters. The summed E-state index contributed by atoms with van der Waals surface area (Å²) in [6.45, 7) is 4.15. The van der Waals surface area contributed by atoms with Gasteiger partial charge in [0.2, 0.25) is 0 Å². The number of hydrogen-bond donors (Lipinski definition) is 1. The summed E-state index contributed by atoms with van der Waals surface area (Å²) in [5.41, 5.74) is 2.15. The number of aromatic nitrogens is 1. The topological polar surface area (TPSA) is 55.1 Å². The zero-order valence-corrected chi connectivity index (χ0v) is 13.4. The minimum atomic E-state index is -0.171. The Morgan fingerprint density at radius 3 is 2.81 bits per heavy atom. The van der Waals surface area contributed by atoms with E-state index in [1.54, 1.807) is 19.1 Å². The zero-order valence-electron chi connectivity index (χ0n) is 11.9. The van der Waals surface area contributed by atoms with Crippen LogP contribution in [0, 0.1) is 6.92 Å². The molecule has 1 aromatic carbocycles. The van der Waals surface area contributed by atoms with E-state index in [1.807, 2.05) is 13.0 Å². The van der Waals surface area contributed by atoms with Crippen molar-refractivity contribution in [2.24, 2.45) is 0 Å². The highest BCUT2D eigenvalue weighted by Crippen LogP contribution is 2.21. The van der Waals surface area contributed by atoms with E-state index < -0.39 is 0 Å². The molecule has 0 aliphatic heterocycles. The highest BCUT2D eigenvalue weighted by atomic mass is 35.5. The average molecular weight is 327 g/mol. The third kappa shape index (κ3) is 3.77. The van der Waals surface area contributed by atoms with Crippen LogP contribution in [-0.4, -0.2) is 17.6 Å². The van der Waals surface area contributed by atoms with E-state index in [9.17, 15) is 4.79 Å². The molecule has 0 saturated heterocycles. The molecule has 0 bridgehead atoms. The average Bonchev–Trinajstić information content (AvgIpc) is 2.82. The first-order valence-electron chi connectivity index (χ1n) is 6.70. The first kappa shape index (κ1) is 15.9. The van der Waals surface area contributed by atoms with Crippen LogP contribution in [0.3, 0.4) is 0 Å². The maximum absolute atomic E-state index is 12.2. The van der Waals surface area contributed by atoms with Gasteiger partial charge in [-0.15, -0.1) is 0 Å². The number of nitrogens with zero attached hydrogens (tertiary/aromatic N) is 1. The van der Waals surface area contributed by atoms with E-state index >= 15 is 0 Å². The van der Waals surface area contributed by atoms with E-state index in [4.69, 9.17) is 27.7 Å². The molecule has 0 spiro atoms. The maximum Gasteiger partial charge on any atom is 0.256 e. The Kier molecular flexibility index (Phi) is 5.26. The van der Waals surface area contributed by atoms with E-state index in [1.165, 1.54) is 0 Å². The molecule has 21 heavy (non-hydrogen) atoms. The number of amides is 1. The van der Waals surface area contributed by atoms with Crippen LogP contribution in [0.5, 0.6) is 0 Å². The molecular weight excluding hydrogens is 311 g/mol. The Bertz CT molecular complexity index is 653. The van der Waals surface area contributed by atoms with E-state index in [-0.39, 0.29) is 5.91 Å². The fourth-order valence-electron chi connectivity index (χ4n) is 2.07. The minimum Gasteiger partial charge on any atom is -0.361 e. The van der Waals surface area contributed by atoms with Crippen LogP contribution in [0.15, 0.2) is 22.7 Å². The van der Waals surface area contributed by atoms with Crippen LogP contribution in [-0.2, 0) is 12.8 Å². The summed E-state index contributed by atoms with van der Waals surface area (Å²) in [6, 6.07) is 5.34. The third-order valence-electron chi connectivity index (χ3n) is 3.19. The molecule has 0 aliphatic rings. The number of halogens is 2. The molecule has 1 amide bonds. The van der Waals surface area contributed by atoms with Crippen molar-refractivity contribution in [1.82, 2.24) is 10.5 Å². The van der Waals surface area contributed by atoms with Gasteiger partial charge in [0.05, 0.1) is 5.69 Å². The molecular formula is C15H16Cl2N2O2. The zero-order chi connectivity index (χ0) is 15.4. The van der Waals surface area contributed by atoms with Crippen molar-refractivity contribution < 1.29 is 9.32 Å². The lowest BCUT2D eigenvalue weighted by Gasteiger charge is -2.07. The highest BCUT2D eigenvalue weighted by molar-refractivity contribution is 6.35. The summed E-state index contributed by atoms with van der Waals surface area (Å²) >= 11 is 11.9. The number of aryl methyl sites for hydroxylation is 2. The molecule has 112 valence electrons. The summed E-state index contributed by atoms with van der Waals surface area (Å²) in [4.78, 5) is 12.2. The van der Waals surface area contributed by atoms with Gasteiger partial charge in [-0.3, -0.25) is 4.79 Å². The van der Waals surface area contributed by atoms with Crippen molar-refractivity contribution in [1.29, 1.82) is 0 Å². The van der Waals surface area contributed by atoms with Crippen molar-refractivity contribution in [3.05, 3.63) is 50.8 Å². The summed E-state index contributed by atoms with van der Waals surface area (Å²) < 4.78 is 5.06. The van der Waals surface area contributed by atoms with Gasteiger partial charge in [-0.25, -0.2) is 0 Å². The van der Waals surface area contributed by atoms with E-state index in [0.29, 0.717) is 46.4 Å². The van der Waals surface area contributed by atoms with Crippen LogP contribution in [0.2, 0.25) is 10.0 Å². The Balaban J connectivity index is 1.97. The fraction of sp³-hybridized carbons (Fsp3) is 0.333. The van der Waals surface area contributed by atoms with Crippen LogP contribution < -0.4 is 5.32 Å². The molecule has 1 N–H and O–H groups in total. The number of hydrogen-bond acceptors (Lipinski definition) is 3. The van der Waals surface area contributed by atoms with Gasteiger partial charge in [-0.05, 0) is 37.5 Å². The molecule has 2 rings (SSSR count). The number of carbonyl (C=O) groups is 1. The number of nitrogens with one attached hydrogen (secondary N) is 1. The predicted molar refractivity (Wildman–Crippen MR) is 83.1 cm³/mol. The van der Waals surface area contributed by atoms with Crippen molar-refractivity contribution in [3.63, 3.8) is 0 Å². The highest BCUT2D eigenvalue weighted by Gasteiger charge is 2.18. The summed E-state index contributed by atoms with van der Waals surface area (Å²) in [5.74, 6) is 0.365. The van der Waals surface area contributed by atoms with Crippen molar-refractivity contribution in [2.75, 3.05) is 6.54 Å². The fourth-order valence-corrected chi connectivity index (χ4v) is 2.58. The quantitative estimate of drug-likeness (QED) is 0.908. The smallest absolute Gasteiger partial charge is 0.256 e. The molecule has 4 nitrogen and oxygen atoms in total. The molecule has 0 unspecified atom stereocenters. The van der Waals surface area contributed by atoms with Gasteiger partial charge < -0.3 is 9.84 Å². The normalized spacial score (nSPS) is 10.7.